The van der Waals surface area contributed by atoms with Gasteiger partial charge in [-0.25, -0.2) is 4.98 Å². The third-order valence-corrected chi connectivity index (χ3v) is 4.76. The summed E-state index contributed by atoms with van der Waals surface area (Å²) in [5.74, 6) is -0.420. The maximum Gasteiger partial charge on any atom is 0.254 e. The Kier molecular flexibility index (Phi) is 4.44. The monoisotopic (exact) mass is 304 g/mol. The lowest BCUT2D eigenvalue weighted by Crippen LogP contribution is -2.43. The fourth-order valence-electron chi connectivity index (χ4n) is 1.96. The number of nitrogens with zero attached hydrogens (tertiary/aromatic N) is 1. The smallest absolute Gasteiger partial charge is 0.254 e. The normalized spacial score (nSPS) is 13.0. The number of amides is 1. The minimum Gasteiger partial charge on any atom is -0.378 e. The van der Waals surface area contributed by atoms with E-state index in [2.05, 4.69) is 10.3 Å². The Morgan fingerprint density at radius 1 is 1.29 bits per heavy atom. The summed E-state index contributed by atoms with van der Waals surface area (Å²) < 4.78 is 0. The van der Waals surface area contributed by atoms with Crippen LogP contribution in [0.1, 0.15) is 41.1 Å². The highest BCUT2D eigenvalue weighted by molar-refractivity contribution is 7.11. The van der Waals surface area contributed by atoms with Crippen LogP contribution in [0.5, 0.6) is 0 Å². The first-order chi connectivity index (χ1) is 9.81. The average Bonchev–Trinajstić information content (AvgIpc) is 2.79. The second-order valence-corrected chi connectivity index (χ2v) is 6.79. The van der Waals surface area contributed by atoms with Crippen molar-refractivity contribution in [3.05, 3.63) is 51.5 Å². The molecule has 2 aromatic rings. The van der Waals surface area contributed by atoms with Crippen molar-refractivity contribution < 1.29 is 9.90 Å². The number of thiazole rings is 1. The number of aliphatic hydroxyl groups is 1. The second-order valence-electron chi connectivity index (χ2n) is 5.59. The first kappa shape index (κ1) is 15.7. The molecule has 1 heterocycles. The molecular formula is C16H20N2O2S. The Labute approximate surface area is 128 Å². The minimum absolute atomic E-state index is 0.420. The summed E-state index contributed by atoms with van der Waals surface area (Å²) in [4.78, 5) is 17.9. The van der Waals surface area contributed by atoms with E-state index in [9.17, 15) is 9.90 Å². The van der Waals surface area contributed by atoms with Crippen molar-refractivity contribution in [2.45, 2.75) is 39.3 Å². The molecule has 21 heavy (non-hydrogen) atoms. The molecule has 1 aromatic carbocycles. The molecule has 1 atom stereocenters. The molecule has 1 aromatic heterocycles. The molecule has 2 N–H and O–H groups in total. The van der Waals surface area contributed by atoms with Gasteiger partial charge in [-0.3, -0.25) is 4.79 Å². The number of benzene rings is 1. The highest BCUT2D eigenvalue weighted by atomic mass is 32.1. The SMILES string of the molecule is Cc1nc(C(C)(C)NC(=O)C(O)c2ccccc2)sc1C. The average molecular weight is 304 g/mol. The van der Waals surface area contributed by atoms with E-state index in [4.69, 9.17) is 0 Å². The molecule has 0 aliphatic carbocycles. The van der Waals surface area contributed by atoms with Gasteiger partial charge < -0.3 is 10.4 Å². The number of aromatic nitrogens is 1. The molecule has 0 spiro atoms. The van der Waals surface area contributed by atoms with Crippen LogP contribution >= 0.6 is 11.3 Å². The molecule has 0 saturated carbocycles. The van der Waals surface area contributed by atoms with Gasteiger partial charge in [-0.1, -0.05) is 30.3 Å². The summed E-state index contributed by atoms with van der Waals surface area (Å²) in [5, 5.41) is 13.8. The van der Waals surface area contributed by atoms with Crippen LogP contribution in [0.4, 0.5) is 0 Å². The molecule has 0 bridgehead atoms. The van der Waals surface area contributed by atoms with Gasteiger partial charge in [0.25, 0.3) is 5.91 Å². The van der Waals surface area contributed by atoms with Crippen LogP contribution in [-0.4, -0.2) is 16.0 Å². The highest BCUT2D eigenvalue weighted by Crippen LogP contribution is 2.28. The van der Waals surface area contributed by atoms with Crippen LogP contribution in [0.3, 0.4) is 0 Å². The summed E-state index contributed by atoms with van der Waals surface area (Å²) in [6, 6.07) is 8.90. The van der Waals surface area contributed by atoms with Crippen LogP contribution in [0.2, 0.25) is 0 Å². The summed E-state index contributed by atoms with van der Waals surface area (Å²) in [5.41, 5.74) is 0.939. The number of aryl methyl sites for hydroxylation is 2. The maximum atomic E-state index is 12.2. The Morgan fingerprint density at radius 2 is 1.90 bits per heavy atom. The Hall–Kier alpha value is -1.72. The van der Waals surface area contributed by atoms with E-state index in [0.29, 0.717) is 5.56 Å². The molecule has 4 nitrogen and oxygen atoms in total. The van der Waals surface area contributed by atoms with Gasteiger partial charge in [0.05, 0.1) is 11.2 Å². The van der Waals surface area contributed by atoms with Crippen molar-refractivity contribution in [2.75, 3.05) is 0 Å². The number of rotatable bonds is 4. The van der Waals surface area contributed by atoms with E-state index in [0.717, 1.165) is 15.6 Å². The molecule has 0 fully saturated rings. The van der Waals surface area contributed by atoms with Gasteiger partial charge in [-0.05, 0) is 33.3 Å². The summed E-state index contributed by atoms with van der Waals surface area (Å²) in [6.07, 6.45) is -1.17. The van der Waals surface area contributed by atoms with Crippen LogP contribution in [0, 0.1) is 13.8 Å². The van der Waals surface area contributed by atoms with Gasteiger partial charge in [0, 0.05) is 4.88 Å². The standard InChI is InChI=1S/C16H20N2O2S/c1-10-11(2)21-15(17-10)16(3,4)18-14(20)13(19)12-8-6-5-7-9-12/h5-9,13,19H,1-4H3,(H,18,20). The third-order valence-electron chi connectivity index (χ3n) is 3.36. The van der Waals surface area contributed by atoms with Gasteiger partial charge in [-0.15, -0.1) is 11.3 Å². The molecule has 1 amide bonds. The molecule has 112 valence electrons. The molecule has 2 rings (SSSR count). The molecular weight excluding hydrogens is 284 g/mol. The molecule has 1 unspecified atom stereocenters. The first-order valence-electron chi connectivity index (χ1n) is 6.81. The largest absolute Gasteiger partial charge is 0.378 e. The topological polar surface area (TPSA) is 62.2 Å². The predicted molar refractivity (Wildman–Crippen MR) is 84.2 cm³/mol. The number of carbonyl (C=O) groups excluding carboxylic acids is 1. The highest BCUT2D eigenvalue weighted by Gasteiger charge is 2.29. The van der Waals surface area contributed by atoms with Crippen LogP contribution in [-0.2, 0) is 10.3 Å². The van der Waals surface area contributed by atoms with Crippen molar-refractivity contribution in [3.63, 3.8) is 0 Å². The quantitative estimate of drug-likeness (QED) is 0.913. The van der Waals surface area contributed by atoms with E-state index in [1.165, 1.54) is 0 Å². The maximum absolute atomic E-state index is 12.2. The zero-order valence-electron chi connectivity index (χ0n) is 12.7. The van der Waals surface area contributed by atoms with Gasteiger partial charge in [-0.2, -0.15) is 0 Å². The zero-order valence-corrected chi connectivity index (χ0v) is 13.5. The summed E-state index contributed by atoms with van der Waals surface area (Å²) in [7, 11) is 0. The predicted octanol–water partition coefficient (Wildman–Crippen LogP) is 2.84. The lowest BCUT2D eigenvalue weighted by Gasteiger charge is -2.25. The van der Waals surface area contributed by atoms with Gasteiger partial charge in [0.15, 0.2) is 6.10 Å². The van der Waals surface area contributed by atoms with E-state index in [1.807, 2.05) is 33.8 Å². The van der Waals surface area contributed by atoms with Crippen LogP contribution in [0.25, 0.3) is 0 Å². The van der Waals surface area contributed by atoms with E-state index in [1.54, 1.807) is 35.6 Å². The second kappa shape index (κ2) is 5.95. The molecule has 0 radical (unpaired) electrons. The van der Waals surface area contributed by atoms with Crippen molar-refractivity contribution in [3.8, 4) is 0 Å². The third kappa shape index (κ3) is 3.49. The summed E-state index contributed by atoms with van der Waals surface area (Å²) in [6.45, 7) is 7.74. The number of hydrogen-bond donors (Lipinski definition) is 2. The molecule has 0 aliphatic rings. The molecule has 0 saturated heterocycles. The Morgan fingerprint density at radius 3 is 2.43 bits per heavy atom. The van der Waals surface area contributed by atoms with E-state index in [-0.39, 0.29) is 0 Å². The first-order valence-corrected chi connectivity index (χ1v) is 7.62. The van der Waals surface area contributed by atoms with Gasteiger partial charge in [0.2, 0.25) is 0 Å². The van der Waals surface area contributed by atoms with Crippen LogP contribution in [0.15, 0.2) is 30.3 Å². The molecule has 0 aliphatic heterocycles. The minimum atomic E-state index is -1.17. The number of nitrogens with one attached hydrogen (secondary N) is 1. The van der Waals surface area contributed by atoms with Crippen molar-refractivity contribution in [1.29, 1.82) is 0 Å². The molecule has 5 heteroatoms. The zero-order chi connectivity index (χ0) is 15.6. The lowest BCUT2D eigenvalue weighted by atomic mass is 10.0. The number of carbonyl (C=O) groups is 1. The van der Waals surface area contributed by atoms with Gasteiger partial charge in [0.1, 0.15) is 5.01 Å². The Bertz CT molecular complexity index is 615. The fourth-order valence-corrected chi connectivity index (χ4v) is 2.93. The Balaban J connectivity index is 2.14. The van der Waals surface area contributed by atoms with Crippen molar-refractivity contribution >= 4 is 17.2 Å². The lowest BCUT2D eigenvalue weighted by molar-refractivity contribution is -0.131. The number of hydrogen-bond acceptors (Lipinski definition) is 4. The van der Waals surface area contributed by atoms with E-state index >= 15 is 0 Å². The number of aliphatic hydroxyl groups excluding tert-OH is 1. The van der Waals surface area contributed by atoms with Crippen molar-refractivity contribution in [1.82, 2.24) is 10.3 Å². The summed E-state index contributed by atoms with van der Waals surface area (Å²) >= 11 is 1.56. The van der Waals surface area contributed by atoms with E-state index < -0.39 is 17.6 Å². The van der Waals surface area contributed by atoms with Crippen molar-refractivity contribution in [2.24, 2.45) is 0 Å². The van der Waals surface area contributed by atoms with Gasteiger partial charge >= 0.3 is 0 Å². The fraction of sp³-hybridized carbons (Fsp3) is 0.375. The van der Waals surface area contributed by atoms with Crippen LogP contribution < -0.4 is 5.32 Å².